The Labute approximate surface area is 100 Å². The van der Waals surface area contributed by atoms with Crippen molar-refractivity contribution in [3.63, 3.8) is 0 Å². The molecule has 0 spiro atoms. The molecule has 3 nitrogen and oxygen atoms in total. The highest BCUT2D eigenvalue weighted by molar-refractivity contribution is 6.44. The number of hydrogen-bond acceptors (Lipinski definition) is 3. The maximum atomic E-state index is 8.77. The van der Waals surface area contributed by atoms with Gasteiger partial charge in [0.2, 0.25) is 0 Å². The van der Waals surface area contributed by atoms with Crippen molar-refractivity contribution in [2.45, 2.75) is 52.8 Å². The summed E-state index contributed by atoms with van der Waals surface area (Å²) < 4.78 is 11.3. The molecule has 0 saturated heterocycles. The molecule has 0 aromatic carbocycles. The van der Waals surface area contributed by atoms with Gasteiger partial charge in [-0.15, -0.1) is 0 Å². The van der Waals surface area contributed by atoms with Crippen molar-refractivity contribution >= 4 is 7.12 Å². The molecule has 0 N–H and O–H groups in total. The molecule has 0 radical (unpaired) electrons. The first-order chi connectivity index (χ1) is 7.74. The molecule has 1 atom stereocenters. The third-order valence-electron chi connectivity index (χ3n) is 2.37. The first-order valence-electron chi connectivity index (χ1n) is 6.37. The summed E-state index contributed by atoms with van der Waals surface area (Å²) in [5, 5.41) is 8.77. The van der Waals surface area contributed by atoms with Crippen LogP contribution in [0.1, 0.15) is 46.5 Å². The van der Waals surface area contributed by atoms with E-state index in [0.29, 0.717) is 6.32 Å². The SMILES string of the molecule is CCCCOB(CC(C)C#N)OCCCC. The first kappa shape index (κ1) is 15.5. The molecule has 1 unspecified atom stereocenters. The Hall–Kier alpha value is -0.525. The minimum atomic E-state index is -0.201. The molecule has 0 heterocycles. The fraction of sp³-hybridized carbons (Fsp3) is 0.917. The Morgan fingerprint density at radius 1 is 1.12 bits per heavy atom. The van der Waals surface area contributed by atoms with Gasteiger partial charge in [-0.05, 0) is 26.1 Å². The summed E-state index contributed by atoms with van der Waals surface area (Å²) in [6.45, 7) is 7.62. The standard InChI is InChI=1S/C12H24BNO2/c1-4-6-8-15-13(10-12(3)11-14)16-9-7-5-2/h12H,4-10H2,1-3H3. The summed E-state index contributed by atoms with van der Waals surface area (Å²) >= 11 is 0. The molecule has 92 valence electrons. The van der Waals surface area contributed by atoms with Crippen LogP contribution in [0, 0.1) is 17.2 Å². The zero-order valence-electron chi connectivity index (χ0n) is 10.9. The van der Waals surface area contributed by atoms with E-state index in [9.17, 15) is 0 Å². The fourth-order valence-corrected chi connectivity index (χ4v) is 1.24. The second-order valence-corrected chi connectivity index (χ2v) is 4.14. The van der Waals surface area contributed by atoms with Gasteiger partial charge in [0.1, 0.15) is 0 Å². The summed E-state index contributed by atoms with van der Waals surface area (Å²) in [5.74, 6) is -0.00625. The average molecular weight is 225 g/mol. The number of nitriles is 1. The molecule has 0 aromatic rings. The van der Waals surface area contributed by atoms with Crippen molar-refractivity contribution < 1.29 is 9.31 Å². The van der Waals surface area contributed by atoms with Crippen molar-refractivity contribution in [3.05, 3.63) is 0 Å². The number of nitrogens with zero attached hydrogens (tertiary/aromatic N) is 1. The predicted molar refractivity (Wildman–Crippen MR) is 67.1 cm³/mol. The Morgan fingerprint density at radius 2 is 1.62 bits per heavy atom. The maximum Gasteiger partial charge on any atom is 0.458 e. The zero-order chi connectivity index (χ0) is 12.2. The molecule has 0 saturated carbocycles. The fourth-order valence-electron chi connectivity index (χ4n) is 1.24. The van der Waals surface area contributed by atoms with E-state index in [-0.39, 0.29) is 13.0 Å². The van der Waals surface area contributed by atoms with Crippen LogP contribution >= 0.6 is 0 Å². The van der Waals surface area contributed by atoms with Gasteiger partial charge < -0.3 is 9.31 Å². The minimum absolute atomic E-state index is 0.00625. The predicted octanol–water partition coefficient (Wildman–Crippen LogP) is 3.27. The second-order valence-electron chi connectivity index (χ2n) is 4.14. The third-order valence-corrected chi connectivity index (χ3v) is 2.37. The van der Waals surface area contributed by atoms with Gasteiger partial charge in [0.25, 0.3) is 0 Å². The maximum absolute atomic E-state index is 8.77. The van der Waals surface area contributed by atoms with E-state index in [1.807, 2.05) is 6.92 Å². The monoisotopic (exact) mass is 225 g/mol. The van der Waals surface area contributed by atoms with E-state index < -0.39 is 0 Å². The van der Waals surface area contributed by atoms with Crippen LogP contribution in [0.3, 0.4) is 0 Å². The van der Waals surface area contributed by atoms with Crippen LogP contribution in [-0.4, -0.2) is 20.3 Å². The van der Waals surface area contributed by atoms with Gasteiger partial charge >= 0.3 is 7.12 Å². The van der Waals surface area contributed by atoms with Crippen molar-refractivity contribution in [3.8, 4) is 6.07 Å². The smallest absolute Gasteiger partial charge is 0.411 e. The average Bonchev–Trinajstić information content (AvgIpc) is 2.29. The van der Waals surface area contributed by atoms with E-state index in [1.165, 1.54) is 0 Å². The lowest BCUT2D eigenvalue weighted by atomic mass is 9.78. The number of rotatable bonds is 10. The molecule has 0 rings (SSSR count). The highest BCUT2D eigenvalue weighted by atomic mass is 16.6. The summed E-state index contributed by atoms with van der Waals surface area (Å²) in [6.07, 6.45) is 5.01. The van der Waals surface area contributed by atoms with Gasteiger partial charge in [-0.3, -0.25) is 0 Å². The molecular formula is C12H24BNO2. The van der Waals surface area contributed by atoms with Gasteiger partial charge in [-0.1, -0.05) is 26.7 Å². The molecule has 0 amide bonds. The summed E-state index contributed by atoms with van der Waals surface area (Å²) in [4.78, 5) is 0. The van der Waals surface area contributed by atoms with Crippen LogP contribution in [0.15, 0.2) is 0 Å². The second kappa shape index (κ2) is 11.0. The van der Waals surface area contributed by atoms with E-state index >= 15 is 0 Å². The number of unbranched alkanes of at least 4 members (excludes halogenated alkanes) is 2. The molecule has 4 heteroatoms. The van der Waals surface area contributed by atoms with Crippen LogP contribution in [0.2, 0.25) is 6.32 Å². The highest BCUT2D eigenvalue weighted by Crippen LogP contribution is 2.09. The Bertz CT molecular complexity index is 184. The lowest BCUT2D eigenvalue weighted by Gasteiger charge is -2.15. The van der Waals surface area contributed by atoms with Gasteiger partial charge in [0.05, 0.1) is 6.07 Å². The molecule has 0 bridgehead atoms. The number of hydrogen-bond donors (Lipinski definition) is 0. The Morgan fingerprint density at radius 3 is 2.00 bits per heavy atom. The molecule has 0 aliphatic carbocycles. The minimum Gasteiger partial charge on any atom is -0.411 e. The highest BCUT2D eigenvalue weighted by Gasteiger charge is 2.21. The third kappa shape index (κ3) is 8.76. The summed E-state index contributed by atoms with van der Waals surface area (Å²) in [5.41, 5.74) is 0. The van der Waals surface area contributed by atoms with Crippen molar-refractivity contribution in [2.75, 3.05) is 13.2 Å². The molecule has 0 fully saturated rings. The summed E-state index contributed by atoms with van der Waals surface area (Å²) in [7, 11) is -0.201. The topological polar surface area (TPSA) is 42.2 Å². The lowest BCUT2D eigenvalue weighted by molar-refractivity contribution is 0.189. The molecule has 0 aliphatic rings. The van der Waals surface area contributed by atoms with Crippen LogP contribution < -0.4 is 0 Å². The lowest BCUT2D eigenvalue weighted by Crippen LogP contribution is -2.26. The van der Waals surface area contributed by atoms with E-state index in [0.717, 1.165) is 38.9 Å². The van der Waals surface area contributed by atoms with Gasteiger partial charge in [-0.2, -0.15) is 5.26 Å². The van der Waals surface area contributed by atoms with Crippen LogP contribution in [0.4, 0.5) is 0 Å². The largest absolute Gasteiger partial charge is 0.458 e. The van der Waals surface area contributed by atoms with Gasteiger partial charge in [-0.25, -0.2) is 0 Å². The first-order valence-corrected chi connectivity index (χ1v) is 6.37. The Kier molecular flexibility index (Phi) is 10.6. The molecule has 16 heavy (non-hydrogen) atoms. The summed E-state index contributed by atoms with van der Waals surface area (Å²) in [6, 6.07) is 2.22. The zero-order valence-corrected chi connectivity index (χ0v) is 10.9. The Balaban J connectivity index is 3.81. The van der Waals surface area contributed by atoms with E-state index in [1.54, 1.807) is 0 Å². The van der Waals surface area contributed by atoms with E-state index in [2.05, 4.69) is 19.9 Å². The van der Waals surface area contributed by atoms with Gasteiger partial charge in [0.15, 0.2) is 0 Å². The van der Waals surface area contributed by atoms with Crippen molar-refractivity contribution in [1.82, 2.24) is 0 Å². The quantitative estimate of drug-likeness (QED) is 0.423. The van der Waals surface area contributed by atoms with Crippen molar-refractivity contribution in [1.29, 1.82) is 5.26 Å². The molecular weight excluding hydrogens is 201 g/mol. The van der Waals surface area contributed by atoms with Gasteiger partial charge in [0, 0.05) is 19.1 Å². The van der Waals surface area contributed by atoms with Crippen LogP contribution in [0.5, 0.6) is 0 Å². The molecule has 0 aromatic heterocycles. The normalized spacial score (nSPS) is 12.1. The van der Waals surface area contributed by atoms with E-state index in [4.69, 9.17) is 14.6 Å². The van der Waals surface area contributed by atoms with Crippen LogP contribution in [-0.2, 0) is 9.31 Å². The molecule has 0 aliphatic heterocycles. The van der Waals surface area contributed by atoms with Crippen molar-refractivity contribution in [2.24, 2.45) is 5.92 Å². The van der Waals surface area contributed by atoms with Crippen LogP contribution in [0.25, 0.3) is 0 Å².